The summed E-state index contributed by atoms with van der Waals surface area (Å²) in [6.45, 7) is 6.72. The van der Waals surface area contributed by atoms with Crippen molar-refractivity contribution in [1.29, 1.82) is 0 Å². The molecule has 1 N–H and O–H groups in total. The van der Waals surface area contributed by atoms with Crippen LogP contribution in [0.3, 0.4) is 0 Å². The number of benzene rings is 1. The Hall–Kier alpha value is -2.15. The van der Waals surface area contributed by atoms with Gasteiger partial charge in [0.2, 0.25) is 0 Å². The van der Waals surface area contributed by atoms with Crippen molar-refractivity contribution < 1.29 is 14.3 Å². The highest BCUT2D eigenvalue weighted by atomic mass is 32.1. The van der Waals surface area contributed by atoms with Gasteiger partial charge in [-0.05, 0) is 58.0 Å². The standard InChI is InChI=1S/C19H25N3O3S/c1-19(2,3)25-18(24)21-11-14-9-10-15(12-21)22(14)17(26)20-16(23)13-7-5-4-6-8-13/h4-8,14-15H,9-12H2,1-3H3,(H,20,23,26). The molecule has 140 valence electrons. The maximum Gasteiger partial charge on any atom is 0.410 e. The van der Waals surface area contributed by atoms with Crippen molar-refractivity contribution in [3.8, 4) is 0 Å². The Kier molecular flexibility index (Phi) is 5.18. The molecule has 2 aliphatic heterocycles. The monoisotopic (exact) mass is 375 g/mol. The summed E-state index contributed by atoms with van der Waals surface area (Å²) in [5, 5.41) is 3.27. The number of fused-ring (bicyclic) bond motifs is 2. The highest BCUT2D eigenvalue weighted by Crippen LogP contribution is 2.31. The predicted molar refractivity (Wildman–Crippen MR) is 103 cm³/mol. The lowest BCUT2D eigenvalue weighted by Crippen LogP contribution is -2.60. The van der Waals surface area contributed by atoms with Gasteiger partial charge in [0.1, 0.15) is 5.60 Å². The number of carbonyl (C=O) groups excluding carboxylic acids is 2. The second-order valence-corrected chi connectivity index (χ2v) is 8.19. The van der Waals surface area contributed by atoms with E-state index in [4.69, 9.17) is 17.0 Å². The third-order valence-corrected chi connectivity index (χ3v) is 4.94. The minimum atomic E-state index is -0.508. The van der Waals surface area contributed by atoms with Crippen LogP contribution >= 0.6 is 12.2 Å². The summed E-state index contributed by atoms with van der Waals surface area (Å²) in [7, 11) is 0. The lowest BCUT2D eigenvalue weighted by molar-refractivity contribution is 0.0107. The van der Waals surface area contributed by atoms with E-state index in [2.05, 4.69) is 10.2 Å². The number of carbonyl (C=O) groups is 2. The summed E-state index contributed by atoms with van der Waals surface area (Å²) in [4.78, 5) is 28.5. The zero-order valence-electron chi connectivity index (χ0n) is 15.4. The number of piperazine rings is 1. The van der Waals surface area contributed by atoms with Crippen LogP contribution in [0.15, 0.2) is 30.3 Å². The summed E-state index contributed by atoms with van der Waals surface area (Å²) in [6.07, 6.45) is 1.62. The van der Waals surface area contributed by atoms with Crippen LogP contribution in [0.1, 0.15) is 44.0 Å². The molecule has 0 radical (unpaired) electrons. The van der Waals surface area contributed by atoms with Crippen molar-refractivity contribution in [2.45, 2.75) is 51.3 Å². The zero-order chi connectivity index (χ0) is 18.9. The largest absolute Gasteiger partial charge is 0.444 e. The van der Waals surface area contributed by atoms with Crippen molar-refractivity contribution in [3.63, 3.8) is 0 Å². The number of nitrogens with one attached hydrogen (secondary N) is 1. The summed E-state index contributed by atoms with van der Waals surface area (Å²) in [6, 6.07) is 9.25. The predicted octanol–water partition coefficient (Wildman–Crippen LogP) is 2.79. The van der Waals surface area contributed by atoms with Crippen molar-refractivity contribution in [1.82, 2.24) is 15.1 Å². The van der Waals surface area contributed by atoms with Gasteiger partial charge in [-0.2, -0.15) is 0 Å². The van der Waals surface area contributed by atoms with Crippen LogP contribution in [0, 0.1) is 0 Å². The number of hydrogen-bond acceptors (Lipinski definition) is 4. The van der Waals surface area contributed by atoms with Gasteiger partial charge in [0.05, 0.1) is 0 Å². The van der Waals surface area contributed by atoms with Gasteiger partial charge in [-0.3, -0.25) is 10.1 Å². The second-order valence-electron chi connectivity index (χ2n) is 7.80. The van der Waals surface area contributed by atoms with Crippen LogP contribution in [-0.2, 0) is 4.74 Å². The number of likely N-dealkylation sites (tertiary alicyclic amines) is 1. The van der Waals surface area contributed by atoms with Crippen LogP contribution in [-0.4, -0.2) is 57.7 Å². The zero-order valence-corrected chi connectivity index (χ0v) is 16.2. The van der Waals surface area contributed by atoms with Gasteiger partial charge in [-0.1, -0.05) is 18.2 Å². The van der Waals surface area contributed by atoms with Crippen molar-refractivity contribution in [2.24, 2.45) is 0 Å². The number of hydrogen-bond donors (Lipinski definition) is 1. The van der Waals surface area contributed by atoms with Gasteiger partial charge >= 0.3 is 6.09 Å². The lowest BCUT2D eigenvalue weighted by Gasteiger charge is -2.42. The van der Waals surface area contributed by atoms with Gasteiger partial charge in [-0.15, -0.1) is 0 Å². The number of thiocarbonyl (C=S) groups is 1. The number of nitrogens with zero attached hydrogens (tertiary/aromatic N) is 2. The van der Waals surface area contributed by atoms with E-state index in [0.29, 0.717) is 23.8 Å². The normalized spacial score (nSPS) is 22.1. The second kappa shape index (κ2) is 7.23. The Labute approximate surface area is 159 Å². The van der Waals surface area contributed by atoms with Crippen molar-refractivity contribution >= 4 is 29.3 Å². The molecule has 6 nitrogen and oxygen atoms in total. The van der Waals surface area contributed by atoms with Crippen molar-refractivity contribution in [3.05, 3.63) is 35.9 Å². The maximum absolute atomic E-state index is 12.4. The molecular weight excluding hydrogens is 350 g/mol. The lowest BCUT2D eigenvalue weighted by atomic mass is 10.2. The highest BCUT2D eigenvalue weighted by molar-refractivity contribution is 7.80. The molecule has 2 heterocycles. The Morgan fingerprint density at radius 2 is 1.69 bits per heavy atom. The molecular formula is C19H25N3O3S. The van der Waals surface area contributed by atoms with E-state index < -0.39 is 5.60 Å². The number of rotatable bonds is 1. The quantitative estimate of drug-likeness (QED) is 0.765. The molecule has 2 unspecified atom stereocenters. The van der Waals surface area contributed by atoms with E-state index in [-0.39, 0.29) is 24.1 Å². The summed E-state index contributed by atoms with van der Waals surface area (Å²) >= 11 is 5.50. The first-order chi connectivity index (χ1) is 12.2. The molecule has 2 amide bonds. The molecule has 2 saturated heterocycles. The van der Waals surface area contributed by atoms with Crippen LogP contribution in [0.5, 0.6) is 0 Å². The van der Waals surface area contributed by atoms with Gasteiger partial charge < -0.3 is 14.5 Å². The molecule has 26 heavy (non-hydrogen) atoms. The number of ether oxygens (including phenoxy) is 1. The molecule has 1 aromatic carbocycles. The average molecular weight is 375 g/mol. The van der Waals surface area contributed by atoms with Gasteiger partial charge in [-0.25, -0.2) is 4.79 Å². The SMILES string of the molecule is CC(C)(C)OC(=O)N1CC2CCC(C1)N2C(=S)NC(=O)c1ccccc1. The molecule has 2 atom stereocenters. The molecule has 0 aromatic heterocycles. The molecule has 7 heteroatoms. The Balaban J connectivity index is 1.62. The topological polar surface area (TPSA) is 61.9 Å². The van der Waals surface area contributed by atoms with Crippen LogP contribution in [0.4, 0.5) is 4.79 Å². The average Bonchev–Trinajstić information content (AvgIpc) is 2.84. The maximum atomic E-state index is 12.4. The van der Waals surface area contributed by atoms with Crippen LogP contribution in [0.2, 0.25) is 0 Å². The molecule has 0 saturated carbocycles. The molecule has 2 bridgehead atoms. The van der Waals surface area contributed by atoms with E-state index in [9.17, 15) is 9.59 Å². The third-order valence-electron chi connectivity index (χ3n) is 4.62. The Bertz CT molecular complexity index is 688. The van der Waals surface area contributed by atoms with E-state index in [0.717, 1.165) is 12.8 Å². The molecule has 1 aromatic rings. The first-order valence-corrected chi connectivity index (χ1v) is 9.32. The van der Waals surface area contributed by atoms with E-state index in [1.165, 1.54) is 0 Å². The van der Waals surface area contributed by atoms with Crippen LogP contribution in [0.25, 0.3) is 0 Å². The molecule has 3 rings (SSSR count). The van der Waals surface area contributed by atoms with E-state index in [1.807, 2.05) is 39.0 Å². The third kappa shape index (κ3) is 4.15. The van der Waals surface area contributed by atoms with Gasteiger partial charge in [0.15, 0.2) is 5.11 Å². The van der Waals surface area contributed by atoms with Gasteiger partial charge in [0, 0.05) is 30.7 Å². The highest BCUT2D eigenvalue weighted by Gasteiger charge is 2.43. The molecule has 0 spiro atoms. The number of amides is 2. The molecule has 2 aliphatic rings. The van der Waals surface area contributed by atoms with E-state index in [1.54, 1.807) is 17.0 Å². The fourth-order valence-corrected chi connectivity index (χ4v) is 3.92. The fraction of sp³-hybridized carbons (Fsp3) is 0.526. The first-order valence-electron chi connectivity index (χ1n) is 8.91. The van der Waals surface area contributed by atoms with Crippen LogP contribution < -0.4 is 5.32 Å². The van der Waals surface area contributed by atoms with E-state index >= 15 is 0 Å². The smallest absolute Gasteiger partial charge is 0.410 e. The molecule has 2 fully saturated rings. The summed E-state index contributed by atoms with van der Waals surface area (Å²) in [5.41, 5.74) is 0.0706. The summed E-state index contributed by atoms with van der Waals surface area (Å²) < 4.78 is 5.49. The first kappa shape index (κ1) is 18.6. The minimum Gasteiger partial charge on any atom is -0.444 e. The summed E-state index contributed by atoms with van der Waals surface area (Å²) in [5.74, 6) is -0.204. The minimum absolute atomic E-state index is 0.116. The molecule has 0 aliphatic carbocycles. The van der Waals surface area contributed by atoms with Gasteiger partial charge in [0.25, 0.3) is 5.91 Å². The Morgan fingerprint density at radius 1 is 1.12 bits per heavy atom. The Morgan fingerprint density at radius 3 is 2.23 bits per heavy atom. The fourth-order valence-electron chi connectivity index (χ4n) is 3.53. The van der Waals surface area contributed by atoms with Crippen molar-refractivity contribution in [2.75, 3.05) is 13.1 Å².